The predicted molar refractivity (Wildman–Crippen MR) is 81.5 cm³/mol. The summed E-state index contributed by atoms with van der Waals surface area (Å²) in [5.74, 6) is -0.296. The van der Waals surface area contributed by atoms with E-state index in [1.165, 1.54) is 26.2 Å². The number of sulfonamides is 1. The Morgan fingerprint density at radius 1 is 1.38 bits per heavy atom. The molecule has 0 fully saturated rings. The molecule has 0 amide bonds. The molecule has 0 aliphatic rings. The molecule has 8 heteroatoms. The van der Waals surface area contributed by atoms with E-state index in [0.29, 0.717) is 24.5 Å². The van der Waals surface area contributed by atoms with E-state index in [1.54, 1.807) is 13.0 Å². The van der Waals surface area contributed by atoms with Crippen molar-refractivity contribution >= 4 is 27.4 Å². The minimum Gasteiger partial charge on any atom is -0.466 e. The second kappa shape index (κ2) is 7.28. The normalized spacial score (nSPS) is 11.4. The monoisotopic (exact) mass is 315 g/mol. The van der Waals surface area contributed by atoms with E-state index in [0.717, 1.165) is 4.31 Å². The summed E-state index contributed by atoms with van der Waals surface area (Å²) in [7, 11) is -0.595. The molecule has 7 nitrogen and oxygen atoms in total. The third kappa shape index (κ3) is 4.61. The van der Waals surface area contributed by atoms with Crippen LogP contribution >= 0.6 is 0 Å². The van der Waals surface area contributed by atoms with E-state index in [-0.39, 0.29) is 17.3 Å². The molecule has 1 aromatic rings. The first kappa shape index (κ1) is 17.3. The number of anilines is 2. The van der Waals surface area contributed by atoms with Gasteiger partial charge >= 0.3 is 5.97 Å². The highest BCUT2D eigenvalue weighted by Gasteiger charge is 2.18. The SMILES string of the molecule is CCOC(=O)CCNc1ccc(S(=O)(=O)N(C)C)cc1N. The zero-order valence-corrected chi connectivity index (χ0v) is 13.2. The van der Waals surface area contributed by atoms with Crippen LogP contribution in [0.3, 0.4) is 0 Å². The van der Waals surface area contributed by atoms with E-state index in [1.807, 2.05) is 0 Å². The zero-order valence-electron chi connectivity index (χ0n) is 12.4. The summed E-state index contributed by atoms with van der Waals surface area (Å²) in [4.78, 5) is 11.3. The average Bonchev–Trinajstić information content (AvgIpc) is 2.40. The fourth-order valence-corrected chi connectivity index (χ4v) is 2.54. The van der Waals surface area contributed by atoms with Crippen molar-refractivity contribution < 1.29 is 17.9 Å². The molecule has 21 heavy (non-hydrogen) atoms. The van der Waals surface area contributed by atoms with Crippen molar-refractivity contribution in [2.75, 3.05) is 38.3 Å². The van der Waals surface area contributed by atoms with Gasteiger partial charge in [0.15, 0.2) is 0 Å². The summed E-state index contributed by atoms with van der Waals surface area (Å²) < 4.78 is 29.8. The summed E-state index contributed by atoms with van der Waals surface area (Å²) in [6.45, 7) is 2.45. The van der Waals surface area contributed by atoms with Gasteiger partial charge in [-0.1, -0.05) is 0 Å². The van der Waals surface area contributed by atoms with Crippen LogP contribution in [0.4, 0.5) is 11.4 Å². The molecule has 0 aromatic heterocycles. The number of hydrogen-bond donors (Lipinski definition) is 2. The van der Waals surface area contributed by atoms with Crippen LogP contribution in [0.2, 0.25) is 0 Å². The number of benzene rings is 1. The Balaban J connectivity index is 2.74. The molecule has 0 radical (unpaired) electrons. The average molecular weight is 315 g/mol. The van der Waals surface area contributed by atoms with Gasteiger partial charge in [0.05, 0.1) is 29.3 Å². The zero-order chi connectivity index (χ0) is 16.0. The predicted octanol–water partition coefficient (Wildman–Crippen LogP) is 0.884. The van der Waals surface area contributed by atoms with Crippen molar-refractivity contribution in [3.05, 3.63) is 18.2 Å². The van der Waals surface area contributed by atoms with Crippen LogP contribution in [0.5, 0.6) is 0 Å². The van der Waals surface area contributed by atoms with Crippen molar-refractivity contribution in [2.45, 2.75) is 18.2 Å². The Morgan fingerprint density at radius 3 is 2.57 bits per heavy atom. The largest absolute Gasteiger partial charge is 0.466 e. The minimum atomic E-state index is -3.51. The number of nitrogens with one attached hydrogen (secondary N) is 1. The van der Waals surface area contributed by atoms with Crippen molar-refractivity contribution in [2.24, 2.45) is 0 Å². The van der Waals surface area contributed by atoms with E-state index in [4.69, 9.17) is 10.5 Å². The topological polar surface area (TPSA) is 102 Å². The van der Waals surface area contributed by atoms with Gasteiger partial charge in [-0.2, -0.15) is 0 Å². The molecule has 1 aromatic carbocycles. The van der Waals surface area contributed by atoms with E-state index >= 15 is 0 Å². The molecule has 0 spiro atoms. The lowest BCUT2D eigenvalue weighted by Gasteiger charge is -2.14. The van der Waals surface area contributed by atoms with Gasteiger partial charge in [-0.15, -0.1) is 0 Å². The molecule has 0 heterocycles. The Labute approximate surface area is 125 Å². The highest BCUT2D eigenvalue weighted by atomic mass is 32.2. The number of esters is 1. The van der Waals surface area contributed by atoms with Crippen LogP contribution in [0.25, 0.3) is 0 Å². The minimum absolute atomic E-state index is 0.126. The van der Waals surface area contributed by atoms with Crippen LogP contribution in [-0.4, -0.2) is 45.9 Å². The van der Waals surface area contributed by atoms with Crippen molar-refractivity contribution in [1.29, 1.82) is 0 Å². The fourth-order valence-electron chi connectivity index (χ4n) is 1.61. The summed E-state index contributed by atoms with van der Waals surface area (Å²) in [6.07, 6.45) is 0.213. The Bertz CT molecular complexity index is 599. The van der Waals surface area contributed by atoms with Gasteiger partial charge in [0, 0.05) is 20.6 Å². The van der Waals surface area contributed by atoms with Crippen LogP contribution in [0.15, 0.2) is 23.1 Å². The fraction of sp³-hybridized carbons (Fsp3) is 0.462. The van der Waals surface area contributed by atoms with Crippen molar-refractivity contribution in [3.63, 3.8) is 0 Å². The van der Waals surface area contributed by atoms with Crippen molar-refractivity contribution in [1.82, 2.24) is 4.31 Å². The van der Waals surface area contributed by atoms with Crippen LogP contribution in [-0.2, 0) is 19.6 Å². The Hall–Kier alpha value is -1.80. The van der Waals surface area contributed by atoms with Gasteiger partial charge in [0.2, 0.25) is 10.0 Å². The van der Waals surface area contributed by atoms with Gasteiger partial charge in [-0.05, 0) is 25.1 Å². The van der Waals surface area contributed by atoms with Gasteiger partial charge in [0.25, 0.3) is 0 Å². The summed E-state index contributed by atoms with van der Waals surface area (Å²) in [5.41, 5.74) is 6.72. The lowest BCUT2D eigenvalue weighted by molar-refractivity contribution is -0.142. The molecular formula is C13H21N3O4S. The molecule has 118 valence electrons. The number of nitrogens with zero attached hydrogens (tertiary/aromatic N) is 1. The molecule has 0 saturated heterocycles. The standard InChI is InChI=1S/C13H21N3O4S/c1-4-20-13(17)7-8-15-12-6-5-10(9-11(12)14)21(18,19)16(2)3/h5-6,9,15H,4,7-8,14H2,1-3H3. The maximum atomic E-state index is 12.0. The third-order valence-corrected chi connectivity index (χ3v) is 4.56. The highest BCUT2D eigenvalue weighted by molar-refractivity contribution is 7.89. The molecule has 0 atom stereocenters. The van der Waals surface area contributed by atoms with Crippen molar-refractivity contribution in [3.8, 4) is 0 Å². The first-order valence-corrected chi connectivity index (χ1v) is 7.94. The third-order valence-electron chi connectivity index (χ3n) is 2.75. The molecule has 0 aliphatic heterocycles. The summed E-state index contributed by atoms with van der Waals surface area (Å²) in [6, 6.07) is 4.44. The lowest BCUT2D eigenvalue weighted by Crippen LogP contribution is -2.22. The van der Waals surface area contributed by atoms with Crippen LogP contribution in [0, 0.1) is 0 Å². The summed E-state index contributed by atoms with van der Waals surface area (Å²) in [5, 5.41) is 2.98. The maximum absolute atomic E-state index is 12.0. The highest BCUT2D eigenvalue weighted by Crippen LogP contribution is 2.23. The molecule has 0 unspecified atom stereocenters. The smallest absolute Gasteiger partial charge is 0.307 e. The van der Waals surface area contributed by atoms with Gasteiger partial charge in [-0.3, -0.25) is 4.79 Å². The van der Waals surface area contributed by atoms with Gasteiger partial charge in [-0.25, -0.2) is 12.7 Å². The van der Waals surface area contributed by atoms with Gasteiger partial charge in [0.1, 0.15) is 0 Å². The number of hydrogen-bond acceptors (Lipinski definition) is 6. The molecular weight excluding hydrogens is 294 g/mol. The molecule has 1 rings (SSSR count). The number of rotatable bonds is 7. The summed E-state index contributed by atoms with van der Waals surface area (Å²) >= 11 is 0. The van der Waals surface area contributed by atoms with Crippen LogP contribution < -0.4 is 11.1 Å². The van der Waals surface area contributed by atoms with E-state index in [9.17, 15) is 13.2 Å². The molecule has 0 saturated carbocycles. The van der Waals surface area contributed by atoms with E-state index < -0.39 is 10.0 Å². The molecule has 0 aliphatic carbocycles. The number of carbonyl (C=O) groups is 1. The van der Waals surface area contributed by atoms with E-state index in [2.05, 4.69) is 5.32 Å². The Kier molecular flexibility index (Phi) is 5.98. The number of carbonyl (C=O) groups excluding carboxylic acids is 1. The molecule has 3 N–H and O–H groups in total. The Morgan fingerprint density at radius 2 is 2.05 bits per heavy atom. The number of nitrogen functional groups attached to an aromatic ring is 1. The maximum Gasteiger partial charge on any atom is 0.307 e. The second-order valence-electron chi connectivity index (χ2n) is 4.52. The number of ether oxygens (including phenoxy) is 1. The van der Waals surface area contributed by atoms with Crippen LogP contribution in [0.1, 0.15) is 13.3 Å². The molecule has 0 bridgehead atoms. The van der Waals surface area contributed by atoms with Gasteiger partial charge < -0.3 is 15.8 Å². The first-order chi connectivity index (χ1) is 9.78. The lowest BCUT2D eigenvalue weighted by atomic mass is 10.2. The second-order valence-corrected chi connectivity index (χ2v) is 6.67. The quantitative estimate of drug-likeness (QED) is 0.572. The first-order valence-electron chi connectivity index (χ1n) is 6.50. The number of nitrogens with two attached hydrogens (primary N) is 1.